The van der Waals surface area contributed by atoms with E-state index in [1.54, 1.807) is 0 Å². The molecule has 3 rings (SSSR count). The zero-order valence-corrected chi connectivity index (χ0v) is 15.6. The van der Waals surface area contributed by atoms with Crippen LogP contribution in [0.25, 0.3) is 0 Å². The third kappa shape index (κ3) is 5.28. The van der Waals surface area contributed by atoms with Crippen molar-refractivity contribution in [2.75, 3.05) is 0 Å². The molecule has 0 amide bonds. The van der Waals surface area contributed by atoms with Gasteiger partial charge in [-0.05, 0) is 11.1 Å². The van der Waals surface area contributed by atoms with E-state index < -0.39 is 22.9 Å². The lowest BCUT2D eigenvalue weighted by Gasteiger charge is -2.14. The molecule has 150 valence electrons. The van der Waals surface area contributed by atoms with Crippen LogP contribution in [0.1, 0.15) is 21.6 Å². The van der Waals surface area contributed by atoms with Gasteiger partial charge >= 0.3 is 11.7 Å². The number of aromatic carboxylic acids is 1. The Bertz CT molecular complexity index is 1070. The number of rotatable bonds is 9. The van der Waals surface area contributed by atoms with E-state index in [-0.39, 0.29) is 26.7 Å². The molecule has 2 aromatic carbocycles. The molecule has 0 aliphatic rings. The molecule has 0 aliphatic carbocycles. The number of carboxylic acid groups (broad SMARTS) is 1. The maximum absolute atomic E-state index is 12.7. The fourth-order valence-electron chi connectivity index (χ4n) is 2.69. The van der Waals surface area contributed by atoms with Gasteiger partial charge in [-0.3, -0.25) is 9.36 Å². The van der Waals surface area contributed by atoms with Crippen molar-refractivity contribution in [2.24, 2.45) is 0 Å². The standard InChI is InChI=1S/C21H20N2O6/c24-19-11-18(20(25)26)22(14-28-12-16-7-3-1-4-8-16)21(27)23(19)15-29-13-17-9-5-2-6-10-17/h1-11H,12-15H2,(H,25,26). The van der Waals surface area contributed by atoms with Crippen LogP contribution in [0.2, 0.25) is 0 Å². The van der Waals surface area contributed by atoms with Crippen molar-refractivity contribution in [1.29, 1.82) is 0 Å². The molecule has 0 aliphatic heterocycles. The molecule has 8 nitrogen and oxygen atoms in total. The second kappa shape index (κ2) is 9.63. The van der Waals surface area contributed by atoms with E-state index in [1.165, 1.54) is 0 Å². The highest BCUT2D eigenvalue weighted by Crippen LogP contribution is 2.03. The van der Waals surface area contributed by atoms with Crippen LogP contribution in [-0.4, -0.2) is 20.2 Å². The molecule has 29 heavy (non-hydrogen) atoms. The Labute approximate surface area is 166 Å². The van der Waals surface area contributed by atoms with Gasteiger partial charge in [0.1, 0.15) is 19.2 Å². The fourth-order valence-corrected chi connectivity index (χ4v) is 2.69. The van der Waals surface area contributed by atoms with Crippen LogP contribution >= 0.6 is 0 Å². The normalized spacial score (nSPS) is 10.8. The van der Waals surface area contributed by atoms with Crippen LogP contribution in [0.4, 0.5) is 0 Å². The van der Waals surface area contributed by atoms with Crippen LogP contribution in [0, 0.1) is 0 Å². The minimum Gasteiger partial charge on any atom is -0.477 e. The maximum Gasteiger partial charge on any atom is 0.352 e. The number of carbonyl (C=O) groups is 1. The van der Waals surface area contributed by atoms with Crippen LogP contribution in [0.5, 0.6) is 0 Å². The Kier molecular flexibility index (Phi) is 6.72. The number of carboxylic acids is 1. The Balaban J connectivity index is 1.76. The van der Waals surface area contributed by atoms with Crippen molar-refractivity contribution >= 4 is 5.97 Å². The zero-order valence-electron chi connectivity index (χ0n) is 15.6. The van der Waals surface area contributed by atoms with Gasteiger partial charge in [0.05, 0.1) is 13.2 Å². The molecule has 8 heteroatoms. The van der Waals surface area contributed by atoms with Crippen molar-refractivity contribution in [3.63, 3.8) is 0 Å². The first kappa shape index (κ1) is 20.2. The minimum absolute atomic E-state index is 0.190. The molecule has 0 radical (unpaired) electrons. The predicted molar refractivity (Wildman–Crippen MR) is 104 cm³/mol. The Hall–Kier alpha value is -3.49. The molecule has 1 N–H and O–H groups in total. The number of ether oxygens (including phenoxy) is 2. The highest BCUT2D eigenvalue weighted by molar-refractivity contribution is 5.85. The maximum atomic E-state index is 12.7. The number of benzene rings is 2. The third-order valence-electron chi connectivity index (χ3n) is 4.16. The molecule has 0 saturated carbocycles. The topological polar surface area (TPSA) is 99.8 Å². The summed E-state index contributed by atoms with van der Waals surface area (Å²) in [6, 6.07) is 19.4. The smallest absolute Gasteiger partial charge is 0.352 e. The lowest BCUT2D eigenvalue weighted by molar-refractivity contribution is 0.0394. The van der Waals surface area contributed by atoms with Gasteiger partial charge in [-0.1, -0.05) is 60.7 Å². The van der Waals surface area contributed by atoms with Gasteiger partial charge in [0.25, 0.3) is 5.56 Å². The van der Waals surface area contributed by atoms with E-state index >= 15 is 0 Å². The summed E-state index contributed by atoms with van der Waals surface area (Å²) < 4.78 is 12.7. The minimum atomic E-state index is -1.39. The quantitative estimate of drug-likeness (QED) is 0.594. The summed E-state index contributed by atoms with van der Waals surface area (Å²) in [5.74, 6) is -1.39. The lowest BCUT2D eigenvalue weighted by Crippen LogP contribution is -2.42. The first-order chi connectivity index (χ1) is 14.1. The first-order valence-corrected chi connectivity index (χ1v) is 8.87. The second-order valence-corrected chi connectivity index (χ2v) is 6.24. The summed E-state index contributed by atoms with van der Waals surface area (Å²) >= 11 is 0. The molecular formula is C21H20N2O6. The first-order valence-electron chi connectivity index (χ1n) is 8.87. The van der Waals surface area contributed by atoms with Crippen molar-refractivity contribution in [1.82, 2.24) is 9.13 Å². The molecule has 1 heterocycles. The second-order valence-electron chi connectivity index (χ2n) is 6.24. The SMILES string of the molecule is O=C(O)c1cc(=O)n(COCc2ccccc2)c(=O)n1COCc1ccccc1. The number of hydrogen-bond acceptors (Lipinski definition) is 5. The molecule has 1 aromatic heterocycles. The van der Waals surface area contributed by atoms with Crippen LogP contribution < -0.4 is 11.2 Å². The molecule has 0 fully saturated rings. The molecule has 0 atom stereocenters. The van der Waals surface area contributed by atoms with Gasteiger partial charge in [0.2, 0.25) is 0 Å². The number of aromatic nitrogens is 2. The molecule has 0 spiro atoms. The zero-order chi connectivity index (χ0) is 20.6. The Morgan fingerprint density at radius 1 is 0.793 bits per heavy atom. The number of nitrogens with zero attached hydrogens (tertiary/aromatic N) is 2. The average molecular weight is 396 g/mol. The summed E-state index contributed by atoms with van der Waals surface area (Å²) in [5.41, 5.74) is -0.241. The Morgan fingerprint density at radius 3 is 1.76 bits per heavy atom. The predicted octanol–water partition coefficient (Wildman–Crippen LogP) is 2.06. The molecular weight excluding hydrogens is 376 g/mol. The van der Waals surface area contributed by atoms with E-state index in [9.17, 15) is 19.5 Å². The van der Waals surface area contributed by atoms with Crippen molar-refractivity contribution in [3.8, 4) is 0 Å². The van der Waals surface area contributed by atoms with E-state index in [4.69, 9.17) is 9.47 Å². The van der Waals surface area contributed by atoms with Gasteiger partial charge in [-0.25, -0.2) is 14.2 Å². The van der Waals surface area contributed by atoms with E-state index in [0.717, 1.165) is 26.3 Å². The van der Waals surface area contributed by atoms with E-state index in [0.29, 0.717) is 0 Å². The van der Waals surface area contributed by atoms with E-state index in [2.05, 4.69) is 0 Å². The van der Waals surface area contributed by atoms with Gasteiger partial charge in [0, 0.05) is 6.07 Å². The van der Waals surface area contributed by atoms with Gasteiger partial charge in [-0.2, -0.15) is 0 Å². The highest BCUT2D eigenvalue weighted by Gasteiger charge is 2.16. The average Bonchev–Trinajstić information content (AvgIpc) is 2.73. The van der Waals surface area contributed by atoms with Crippen LogP contribution in [0.15, 0.2) is 76.3 Å². The van der Waals surface area contributed by atoms with Gasteiger partial charge < -0.3 is 14.6 Å². The summed E-state index contributed by atoms with van der Waals surface area (Å²) in [7, 11) is 0. The van der Waals surface area contributed by atoms with Crippen LogP contribution in [0.3, 0.4) is 0 Å². The fraction of sp³-hybridized carbons (Fsp3) is 0.190. The molecule has 0 bridgehead atoms. The number of hydrogen-bond donors (Lipinski definition) is 1. The van der Waals surface area contributed by atoms with Gasteiger partial charge in [-0.15, -0.1) is 0 Å². The molecule has 0 saturated heterocycles. The summed E-state index contributed by atoms with van der Waals surface area (Å²) in [6.07, 6.45) is 0. The third-order valence-corrected chi connectivity index (χ3v) is 4.16. The van der Waals surface area contributed by atoms with E-state index in [1.807, 2.05) is 60.7 Å². The van der Waals surface area contributed by atoms with Crippen molar-refractivity contribution in [2.45, 2.75) is 26.7 Å². The largest absolute Gasteiger partial charge is 0.477 e. The monoisotopic (exact) mass is 396 g/mol. The highest BCUT2D eigenvalue weighted by atomic mass is 16.5. The summed E-state index contributed by atoms with van der Waals surface area (Å²) in [6.45, 7) is -0.215. The van der Waals surface area contributed by atoms with Crippen molar-refractivity contribution < 1.29 is 19.4 Å². The summed E-state index contributed by atoms with van der Waals surface area (Å²) in [4.78, 5) is 36.4. The van der Waals surface area contributed by atoms with Crippen molar-refractivity contribution in [3.05, 3.63) is 104 Å². The lowest BCUT2D eigenvalue weighted by atomic mass is 10.2. The van der Waals surface area contributed by atoms with Gasteiger partial charge in [0.15, 0.2) is 0 Å². The Morgan fingerprint density at radius 2 is 1.28 bits per heavy atom. The van der Waals surface area contributed by atoms with Crippen LogP contribution in [-0.2, 0) is 36.1 Å². The summed E-state index contributed by atoms with van der Waals surface area (Å²) in [5, 5.41) is 9.35. The molecule has 0 unspecified atom stereocenters. The molecule has 3 aromatic rings.